The lowest BCUT2D eigenvalue weighted by Gasteiger charge is -2.38. The number of amides is 2. The van der Waals surface area contributed by atoms with Crippen LogP contribution in [-0.4, -0.2) is 36.5 Å². The maximum Gasteiger partial charge on any atom is 0.256 e. The van der Waals surface area contributed by atoms with Crippen molar-refractivity contribution in [3.8, 4) is 0 Å². The van der Waals surface area contributed by atoms with Crippen molar-refractivity contribution in [2.75, 3.05) is 19.0 Å². The molecule has 0 spiro atoms. The Hall–Kier alpha value is -2.80. The molecule has 2 aromatic carbocycles. The molecule has 2 atom stereocenters. The number of nitrogens with one attached hydrogen (secondary N) is 1. The number of hydrogen-bond acceptors (Lipinski definition) is 3. The third kappa shape index (κ3) is 3.51. The molecule has 2 aromatic rings. The molecular formula is C18H16F2N2O3. The van der Waals surface area contributed by atoms with Gasteiger partial charge in [0.15, 0.2) is 6.10 Å². The van der Waals surface area contributed by atoms with Crippen molar-refractivity contribution in [1.29, 1.82) is 0 Å². The van der Waals surface area contributed by atoms with E-state index >= 15 is 0 Å². The summed E-state index contributed by atoms with van der Waals surface area (Å²) in [5, 5.41) is 2.60. The van der Waals surface area contributed by atoms with Gasteiger partial charge >= 0.3 is 0 Å². The summed E-state index contributed by atoms with van der Waals surface area (Å²) in [5.74, 6) is -1.85. The molecule has 2 amide bonds. The number of hydrogen-bond donors (Lipinski definition) is 1. The normalized spacial score (nSPS) is 20.4. The van der Waals surface area contributed by atoms with E-state index in [4.69, 9.17) is 4.74 Å². The number of anilines is 1. The first-order valence-electron chi connectivity index (χ1n) is 7.65. The molecule has 0 radical (unpaired) electrons. The van der Waals surface area contributed by atoms with Crippen molar-refractivity contribution >= 4 is 17.5 Å². The van der Waals surface area contributed by atoms with E-state index in [2.05, 4.69) is 5.32 Å². The van der Waals surface area contributed by atoms with Crippen LogP contribution in [0.15, 0.2) is 48.5 Å². The van der Waals surface area contributed by atoms with Gasteiger partial charge in [-0.3, -0.25) is 9.59 Å². The summed E-state index contributed by atoms with van der Waals surface area (Å²) in [7, 11) is 1.50. The Labute approximate surface area is 143 Å². The Kier molecular flexibility index (Phi) is 4.76. The molecule has 1 heterocycles. The molecule has 1 aliphatic rings. The molecule has 1 aliphatic heterocycles. The van der Waals surface area contributed by atoms with Crippen LogP contribution < -0.4 is 5.32 Å². The predicted octanol–water partition coefficient (Wildman–Crippen LogP) is 2.50. The van der Waals surface area contributed by atoms with Crippen LogP contribution in [0.3, 0.4) is 0 Å². The van der Waals surface area contributed by atoms with Crippen LogP contribution in [0.1, 0.15) is 11.6 Å². The van der Waals surface area contributed by atoms with Gasteiger partial charge in [0, 0.05) is 18.3 Å². The Bertz CT molecular complexity index is 795. The second-order valence-electron chi connectivity index (χ2n) is 5.70. The highest BCUT2D eigenvalue weighted by molar-refractivity contribution is 5.96. The van der Waals surface area contributed by atoms with Gasteiger partial charge in [-0.25, -0.2) is 8.78 Å². The summed E-state index contributed by atoms with van der Waals surface area (Å²) in [4.78, 5) is 25.9. The third-order valence-electron chi connectivity index (χ3n) is 4.08. The fourth-order valence-electron chi connectivity index (χ4n) is 2.76. The van der Waals surface area contributed by atoms with Gasteiger partial charge in [-0.1, -0.05) is 18.2 Å². The molecule has 0 bridgehead atoms. The van der Waals surface area contributed by atoms with Crippen LogP contribution in [0.4, 0.5) is 14.5 Å². The Morgan fingerprint density at radius 2 is 1.84 bits per heavy atom. The number of carbonyl (C=O) groups excluding carboxylic acids is 2. The molecule has 1 fully saturated rings. The molecule has 7 heteroatoms. The second kappa shape index (κ2) is 6.98. The Balaban J connectivity index is 1.89. The zero-order valence-electron chi connectivity index (χ0n) is 13.4. The van der Waals surface area contributed by atoms with Crippen molar-refractivity contribution in [2.45, 2.75) is 12.1 Å². The number of benzene rings is 2. The predicted molar refractivity (Wildman–Crippen MR) is 86.7 cm³/mol. The Morgan fingerprint density at radius 1 is 1.16 bits per heavy atom. The molecule has 1 N–H and O–H groups in total. The summed E-state index contributed by atoms with van der Waals surface area (Å²) in [6, 6.07) is 10.3. The third-order valence-corrected chi connectivity index (χ3v) is 4.08. The summed E-state index contributed by atoms with van der Waals surface area (Å²) < 4.78 is 32.6. The van der Waals surface area contributed by atoms with E-state index in [0.717, 1.165) is 0 Å². The number of halogens is 2. The molecule has 130 valence electrons. The highest BCUT2D eigenvalue weighted by Crippen LogP contribution is 2.31. The van der Waals surface area contributed by atoms with E-state index < -0.39 is 29.7 Å². The summed E-state index contributed by atoms with van der Waals surface area (Å²) in [6.07, 6.45) is -1.09. The number of carbonyl (C=O) groups is 2. The number of ether oxygens (including phenoxy) is 1. The van der Waals surface area contributed by atoms with E-state index in [1.807, 2.05) is 0 Å². The number of likely N-dealkylation sites (N-methyl/N-ethyl adjacent to an activating group) is 1. The average molecular weight is 346 g/mol. The van der Waals surface area contributed by atoms with Crippen molar-refractivity contribution < 1.29 is 23.1 Å². The van der Waals surface area contributed by atoms with Crippen molar-refractivity contribution in [3.05, 3.63) is 65.7 Å². The average Bonchev–Trinajstić information content (AvgIpc) is 2.60. The van der Waals surface area contributed by atoms with E-state index in [1.165, 1.54) is 54.4 Å². The van der Waals surface area contributed by atoms with Gasteiger partial charge in [-0.05, 0) is 30.3 Å². The van der Waals surface area contributed by atoms with Crippen LogP contribution >= 0.6 is 0 Å². The fourth-order valence-corrected chi connectivity index (χ4v) is 2.76. The van der Waals surface area contributed by atoms with Crippen LogP contribution in [0, 0.1) is 11.6 Å². The maximum absolute atomic E-state index is 14.2. The highest BCUT2D eigenvalue weighted by Gasteiger charge is 2.41. The topological polar surface area (TPSA) is 58.6 Å². The molecule has 0 aliphatic carbocycles. The second-order valence-corrected chi connectivity index (χ2v) is 5.70. The largest absolute Gasteiger partial charge is 0.356 e. The van der Waals surface area contributed by atoms with Gasteiger partial charge in [0.1, 0.15) is 18.2 Å². The zero-order chi connectivity index (χ0) is 18.0. The molecule has 1 saturated heterocycles. The van der Waals surface area contributed by atoms with Crippen molar-refractivity contribution in [1.82, 2.24) is 4.90 Å². The van der Waals surface area contributed by atoms with Gasteiger partial charge < -0.3 is 15.0 Å². The monoisotopic (exact) mass is 346 g/mol. The highest BCUT2D eigenvalue weighted by atomic mass is 19.1. The first-order chi connectivity index (χ1) is 12.0. The molecule has 25 heavy (non-hydrogen) atoms. The van der Waals surface area contributed by atoms with Crippen LogP contribution in [0.5, 0.6) is 0 Å². The van der Waals surface area contributed by atoms with Crippen LogP contribution in [0.25, 0.3) is 0 Å². The lowest BCUT2D eigenvalue weighted by Crippen LogP contribution is -2.51. The smallest absolute Gasteiger partial charge is 0.256 e. The van der Waals surface area contributed by atoms with Crippen molar-refractivity contribution in [2.24, 2.45) is 0 Å². The zero-order valence-corrected chi connectivity index (χ0v) is 13.4. The van der Waals surface area contributed by atoms with Crippen molar-refractivity contribution in [3.63, 3.8) is 0 Å². The standard InChI is InChI=1S/C18H16F2N2O3/c1-22-15(23)10-25-17(16(22)13-4-2-3-5-14(13)20)18(24)21-12-8-6-11(19)7-9-12/h2-9,16-17H,10H2,1H3,(H,21,24). The van der Waals surface area contributed by atoms with E-state index in [9.17, 15) is 18.4 Å². The van der Waals surface area contributed by atoms with Gasteiger partial charge in [-0.15, -0.1) is 0 Å². The first kappa shape index (κ1) is 17.0. The lowest BCUT2D eigenvalue weighted by atomic mass is 9.97. The molecule has 3 rings (SSSR count). The summed E-state index contributed by atoms with van der Waals surface area (Å²) in [6.45, 7) is -0.275. The molecule has 0 aromatic heterocycles. The minimum Gasteiger partial charge on any atom is -0.356 e. The van der Waals surface area contributed by atoms with E-state index in [-0.39, 0.29) is 18.1 Å². The summed E-state index contributed by atoms with van der Waals surface area (Å²) in [5.41, 5.74) is 0.569. The van der Waals surface area contributed by atoms with E-state index in [0.29, 0.717) is 5.69 Å². The molecule has 5 nitrogen and oxygen atoms in total. The maximum atomic E-state index is 14.2. The number of nitrogens with zero attached hydrogens (tertiary/aromatic N) is 1. The quantitative estimate of drug-likeness (QED) is 0.929. The fraction of sp³-hybridized carbons (Fsp3) is 0.222. The summed E-state index contributed by atoms with van der Waals surface area (Å²) >= 11 is 0. The first-order valence-corrected chi connectivity index (χ1v) is 7.65. The van der Waals surface area contributed by atoms with Gasteiger partial charge in [0.05, 0.1) is 6.04 Å². The van der Waals surface area contributed by atoms with Gasteiger partial charge in [-0.2, -0.15) is 0 Å². The SMILES string of the molecule is CN1C(=O)COC(C(=O)Nc2ccc(F)cc2)C1c1ccccc1F. The minimum absolute atomic E-state index is 0.192. The minimum atomic E-state index is -1.09. The molecule has 2 unspecified atom stereocenters. The number of morpholine rings is 1. The van der Waals surface area contributed by atoms with Gasteiger partial charge in [0.25, 0.3) is 5.91 Å². The molecule has 0 saturated carbocycles. The molecular weight excluding hydrogens is 330 g/mol. The lowest BCUT2D eigenvalue weighted by molar-refractivity contribution is -0.160. The van der Waals surface area contributed by atoms with Crippen LogP contribution in [-0.2, 0) is 14.3 Å². The number of rotatable bonds is 3. The van der Waals surface area contributed by atoms with Crippen LogP contribution in [0.2, 0.25) is 0 Å². The Morgan fingerprint density at radius 3 is 2.52 bits per heavy atom. The van der Waals surface area contributed by atoms with Gasteiger partial charge in [0.2, 0.25) is 5.91 Å². The van der Waals surface area contributed by atoms with E-state index in [1.54, 1.807) is 6.07 Å².